The summed E-state index contributed by atoms with van der Waals surface area (Å²) < 4.78 is 1.73. The number of hydrogen-bond acceptors (Lipinski definition) is 5. The largest absolute Gasteiger partial charge is 0.340 e. The third-order valence-corrected chi connectivity index (χ3v) is 8.23. The van der Waals surface area contributed by atoms with Crippen molar-refractivity contribution in [3.63, 3.8) is 0 Å². The van der Waals surface area contributed by atoms with Crippen molar-refractivity contribution in [1.82, 2.24) is 19.4 Å². The van der Waals surface area contributed by atoms with Gasteiger partial charge < -0.3 is 4.90 Å². The number of carbonyl (C=O) groups is 1. The van der Waals surface area contributed by atoms with Gasteiger partial charge in [-0.1, -0.05) is 93.2 Å². The number of thioether (sulfide) groups is 1. The Bertz CT molecular complexity index is 1220. The maximum atomic E-state index is 13.3. The Morgan fingerprint density at radius 1 is 0.972 bits per heavy atom. The van der Waals surface area contributed by atoms with Gasteiger partial charge in [-0.05, 0) is 11.1 Å². The molecule has 0 bridgehead atoms. The molecule has 2 aliphatic heterocycles. The van der Waals surface area contributed by atoms with Crippen LogP contribution in [0.5, 0.6) is 0 Å². The number of fused-ring (bicyclic) bond motifs is 1. The Hall–Kier alpha value is -2.90. The van der Waals surface area contributed by atoms with Crippen molar-refractivity contribution in [3.8, 4) is 0 Å². The first-order chi connectivity index (χ1) is 17.3. The highest BCUT2D eigenvalue weighted by atomic mass is 32.2. The summed E-state index contributed by atoms with van der Waals surface area (Å²) in [4.78, 5) is 35.4. The highest BCUT2D eigenvalue weighted by Gasteiger charge is 2.33. The predicted molar refractivity (Wildman–Crippen MR) is 144 cm³/mol. The van der Waals surface area contributed by atoms with Crippen molar-refractivity contribution in [3.05, 3.63) is 93.9 Å². The first-order valence-corrected chi connectivity index (χ1v) is 13.7. The Morgan fingerprint density at radius 2 is 1.56 bits per heavy atom. The molecule has 1 saturated heterocycles. The Kier molecular flexibility index (Phi) is 7.04. The summed E-state index contributed by atoms with van der Waals surface area (Å²) in [5.41, 5.74) is 3.11. The van der Waals surface area contributed by atoms with Crippen LogP contribution in [-0.2, 0) is 10.2 Å². The average Bonchev–Trinajstić information content (AvgIpc) is 3.28. The van der Waals surface area contributed by atoms with E-state index in [1.807, 2.05) is 17.0 Å². The molecule has 6 nitrogen and oxygen atoms in total. The van der Waals surface area contributed by atoms with Crippen molar-refractivity contribution < 1.29 is 4.79 Å². The molecule has 0 aliphatic carbocycles. The van der Waals surface area contributed by atoms with Crippen molar-refractivity contribution >= 4 is 17.7 Å². The molecule has 3 aromatic rings. The normalized spacial score (nSPS) is 18.4. The minimum Gasteiger partial charge on any atom is -0.340 e. The molecule has 0 N–H and O–H groups in total. The number of nitrogens with zero attached hydrogens (tertiary/aromatic N) is 4. The zero-order valence-electron chi connectivity index (χ0n) is 21.3. The van der Waals surface area contributed by atoms with Gasteiger partial charge in [-0.15, -0.1) is 0 Å². The molecule has 0 radical (unpaired) electrons. The number of amides is 1. The summed E-state index contributed by atoms with van der Waals surface area (Å²) in [7, 11) is 0. The Morgan fingerprint density at radius 3 is 2.11 bits per heavy atom. The number of aromatic nitrogens is 2. The lowest BCUT2D eigenvalue weighted by atomic mass is 9.92. The van der Waals surface area contributed by atoms with Crippen LogP contribution >= 0.6 is 11.8 Å². The van der Waals surface area contributed by atoms with E-state index in [-0.39, 0.29) is 29.0 Å². The fraction of sp³-hybridized carbons (Fsp3) is 0.414. The van der Waals surface area contributed by atoms with Gasteiger partial charge in [0.05, 0.1) is 17.8 Å². The zero-order chi connectivity index (χ0) is 25.3. The number of piperazine rings is 1. The summed E-state index contributed by atoms with van der Waals surface area (Å²) >= 11 is 1.58. The van der Waals surface area contributed by atoms with E-state index in [2.05, 4.69) is 74.2 Å². The van der Waals surface area contributed by atoms with Crippen LogP contribution in [0.15, 0.2) is 76.7 Å². The van der Waals surface area contributed by atoms with Gasteiger partial charge in [-0.3, -0.25) is 19.1 Å². The number of carbonyl (C=O) groups excluding carboxylic acids is 1. The van der Waals surface area contributed by atoms with E-state index in [0.29, 0.717) is 25.3 Å². The fourth-order valence-electron chi connectivity index (χ4n) is 5.13. The molecule has 1 atom stereocenters. The molecule has 2 aromatic carbocycles. The van der Waals surface area contributed by atoms with Gasteiger partial charge in [-0.2, -0.15) is 0 Å². The minimum atomic E-state index is -0.180. The molecule has 0 spiro atoms. The maximum absolute atomic E-state index is 13.3. The Balaban J connectivity index is 1.26. The molecule has 7 heteroatoms. The first kappa shape index (κ1) is 24.8. The zero-order valence-corrected chi connectivity index (χ0v) is 22.1. The number of rotatable bonds is 5. The topological polar surface area (TPSA) is 58.4 Å². The van der Waals surface area contributed by atoms with E-state index in [0.717, 1.165) is 23.9 Å². The SMILES string of the molecule is CC(C)(C)c1cc(=O)n2c(n1)SCC2CC(=O)N1CCN(C(c2ccccc2)c2ccccc2)CC1. The summed E-state index contributed by atoms with van der Waals surface area (Å²) in [6.45, 7) is 9.19. The van der Waals surface area contributed by atoms with Crippen molar-refractivity contribution in [1.29, 1.82) is 0 Å². The van der Waals surface area contributed by atoms with Crippen LogP contribution in [0.1, 0.15) is 56.1 Å². The molecule has 188 valence electrons. The average molecular weight is 503 g/mol. The van der Waals surface area contributed by atoms with Crippen molar-refractivity contribution in [2.45, 2.75) is 49.8 Å². The first-order valence-electron chi connectivity index (χ1n) is 12.7. The van der Waals surface area contributed by atoms with E-state index in [1.54, 1.807) is 22.4 Å². The standard InChI is InChI=1S/C29H34N4O2S/c1-29(2,3)24-19-26(35)33-23(20-36-28(33)30-24)18-25(34)31-14-16-32(17-15-31)27(21-10-6-4-7-11-21)22-12-8-5-9-13-22/h4-13,19,23,27H,14-18,20H2,1-3H3. The second-order valence-corrected chi connectivity index (χ2v) is 11.7. The van der Waals surface area contributed by atoms with Gasteiger partial charge in [-0.25, -0.2) is 4.98 Å². The van der Waals surface area contributed by atoms with Crippen LogP contribution in [0.25, 0.3) is 0 Å². The molecule has 5 rings (SSSR count). The van der Waals surface area contributed by atoms with Crippen molar-refractivity contribution in [2.75, 3.05) is 31.9 Å². The van der Waals surface area contributed by atoms with E-state index in [1.165, 1.54) is 11.1 Å². The summed E-state index contributed by atoms with van der Waals surface area (Å²) in [5, 5.41) is 0.739. The third-order valence-electron chi connectivity index (χ3n) is 7.13. The van der Waals surface area contributed by atoms with Crippen LogP contribution < -0.4 is 5.56 Å². The molecule has 1 fully saturated rings. The van der Waals surface area contributed by atoms with Crippen LogP contribution in [0.3, 0.4) is 0 Å². The van der Waals surface area contributed by atoms with Crippen molar-refractivity contribution in [2.24, 2.45) is 0 Å². The molecule has 1 unspecified atom stereocenters. The van der Waals surface area contributed by atoms with Gasteiger partial charge in [0.1, 0.15) is 0 Å². The monoisotopic (exact) mass is 502 g/mol. The van der Waals surface area contributed by atoms with E-state index >= 15 is 0 Å². The smallest absolute Gasteiger partial charge is 0.254 e. The van der Waals surface area contributed by atoms with E-state index in [9.17, 15) is 9.59 Å². The predicted octanol–water partition coefficient (Wildman–Crippen LogP) is 4.51. The van der Waals surface area contributed by atoms with Gasteiger partial charge in [0.25, 0.3) is 5.56 Å². The van der Waals surface area contributed by atoms with Gasteiger partial charge in [0.2, 0.25) is 5.91 Å². The second kappa shape index (κ2) is 10.2. The molecular weight excluding hydrogens is 468 g/mol. The summed E-state index contributed by atoms with van der Waals surface area (Å²) in [5.74, 6) is 0.835. The lowest BCUT2D eigenvalue weighted by Crippen LogP contribution is -2.50. The molecule has 2 aliphatic rings. The van der Waals surface area contributed by atoms with Gasteiger partial charge >= 0.3 is 0 Å². The third kappa shape index (κ3) is 5.13. The quantitative estimate of drug-likeness (QED) is 0.481. The molecule has 3 heterocycles. The summed E-state index contributed by atoms with van der Waals surface area (Å²) in [6.07, 6.45) is 0.344. The van der Waals surface area contributed by atoms with E-state index < -0.39 is 0 Å². The molecule has 1 aromatic heterocycles. The Labute approximate surface area is 217 Å². The lowest BCUT2D eigenvalue weighted by Gasteiger charge is -2.40. The molecule has 0 saturated carbocycles. The minimum absolute atomic E-state index is 0.0499. The lowest BCUT2D eigenvalue weighted by molar-refractivity contribution is -0.133. The van der Waals surface area contributed by atoms with Crippen LogP contribution in [0.4, 0.5) is 0 Å². The summed E-state index contributed by atoms with van der Waals surface area (Å²) in [6, 6.07) is 22.8. The molecular formula is C29H34N4O2S. The van der Waals surface area contributed by atoms with Crippen LogP contribution in [0.2, 0.25) is 0 Å². The highest BCUT2D eigenvalue weighted by Crippen LogP contribution is 2.34. The van der Waals surface area contributed by atoms with Gasteiger partial charge in [0.15, 0.2) is 5.16 Å². The van der Waals surface area contributed by atoms with Crippen LogP contribution in [-0.4, -0.2) is 57.2 Å². The molecule has 36 heavy (non-hydrogen) atoms. The van der Waals surface area contributed by atoms with Crippen LogP contribution in [0, 0.1) is 0 Å². The number of benzene rings is 2. The highest BCUT2D eigenvalue weighted by molar-refractivity contribution is 7.99. The number of hydrogen-bond donors (Lipinski definition) is 0. The molecule has 1 amide bonds. The van der Waals surface area contributed by atoms with Gasteiger partial charge in [0, 0.05) is 49.8 Å². The van der Waals surface area contributed by atoms with E-state index in [4.69, 9.17) is 4.98 Å². The second-order valence-electron chi connectivity index (χ2n) is 10.7. The fourth-order valence-corrected chi connectivity index (χ4v) is 6.28. The maximum Gasteiger partial charge on any atom is 0.254 e.